The highest BCUT2D eigenvalue weighted by molar-refractivity contribution is 6.30. The number of hydrogen-bond donors (Lipinski definition) is 1. The standard InChI is InChI=1S/C17H23ClN2/c1-4-5-10-19-12-15-11-13(2)20(14(15)3)17-8-6-16(18)7-9-17/h6-9,11,19H,4-5,10,12H2,1-3H3. The molecule has 2 aromatic rings. The van der Waals surface area contributed by atoms with Crippen molar-refractivity contribution < 1.29 is 0 Å². The van der Waals surface area contributed by atoms with Gasteiger partial charge in [0, 0.05) is 28.6 Å². The first-order chi connectivity index (χ1) is 9.63. The molecule has 0 radical (unpaired) electrons. The van der Waals surface area contributed by atoms with E-state index in [9.17, 15) is 0 Å². The maximum atomic E-state index is 5.96. The molecule has 3 heteroatoms. The highest BCUT2D eigenvalue weighted by Crippen LogP contribution is 2.22. The van der Waals surface area contributed by atoms with Crippen LogP contribution >= 0.6 is 11.6 Å². The van der Waals surface area contributed by atoms with Crippen molar-refractivity contribution in [2.24, 2.45) is 0 Å². The van der Waals surface area contributed by atoms with E-state index in [-0.39, 0.29) is 0 Å². The van der Waals surface area contributed by atoms with Crippen LogP contribution in [0.3, 0.4) is 0 Å². The summed E-state index contributed by atoms with van der Waals surface area (Å²) in [6, 6.07) is 10.3. The highest BCUT2D eigenvalue weighted by atomic mass is 35.5. The van der Waals surface area contributed by atoms with Gasteiger partial charge in [0.2, 0.25) is 0 Å². The van der Waals surface area contributed by atoms with Gasteiger partial charge in [0.15, 0.2) is 0 Å². The second-order valence-electron chi connectivity index (χ2n) is 5.24. The van der Waals surface area contributed by atoms with Gasteiger partial charge in [0.05, 0.1) is 0 Å². The number of aromatic nitrogens is 1. The summed E-state index contributed by atoms with van der Waals surface area (Å²) in [4.78, 5) is 0. The number of hydrogen-bond acceptors (Lipinski definition) is 1. The van der Waals surface area contributed by atoms with E-state index in [0.29, 0.717) is 0 Å². The first kappa shape index (κ1) is 15.1. The quantitative estimate of drug-likeness (QED) is 0.767. The average Bonchev–Trinajstić information content (AvgIpc) is 2.71. The summed E-state index contributed by atoms with van der Waals surface area (Å²) in [5.74, 6) is 0. The minimum atomic E-state index is 0.776. The van der Waals surface area contributed by atoms with Crippen molar-refractivity contribution in [3.05, 3.63) is 52.3 Å². The lowest BCUT2D eigenvalue weighted by Crippen LogP contribution is -2.14. The lowest BCUT2D eigenvalue weighted by atomic mass is 10.2. The zero-order chi connectivity index (χ0) is 14.5. The SMILES string of the molecule is CCCCNCc1cc(C)n(-c2ccc(Cl)cc2)c1C. The van der Waals surface area contributed by atoms with Crippen LogP contribution in [0.25, 0.3) is 5.69 Å². The molecule has 0 aliphatic heterocycles. The number of nitrogens with one attached hydrogen (secondary N) is 1. The van der Waals surface area contributed by atoms with Crippen LogP contribution in [0.1, 0.15) is 36.7 Å². The van der Waals surface area contributed by atoms with Crippen LogP contribution in [0.2, 0.25) is 5.02 Å². The summed E-state index contributed by atoms with van der Waals surface area (Å²) in [7, 11) is 0. The van der Waals surface area contributed by atoms with E-state index in [1.165, 1.54) is 35.5 Å². The summed E-state index contributed by atoms with van der Waals surface area (Å²) in [5, 5.41) is 4.29. The topological polar surface area (TPSA) is 17.0 Å². The van der Waals surface area contributed by atoms with E-state index in [1.807, 2.05) is 12.1 Å². The first-order valence-corrected chi connectivity index (χ1v) is 7.65. The minimum absolute atomic E-state index is 0.776. The molecule has 0 amide bonds. The Labute approximate surface area is 126 Å². The number of benzene rings is 1. The third-order valence-corrected chi connectivity index (χ3v) is 3.90. The molecule has 0 saturated carbocycles. The van der Waals surface area contributed by atoms with Crippen LogP contribution in [-0.2, 0) is 6.54 Å². The van der Waals surface area contributed by atoms with Crippen molar-refractivity contribution in [3.63, 3.8) is 0 Å². The van der Waals surface area contributed by atoms with Gasteiger partial charge in [-0.15, -0.1) is 0 Å². The second-order valence-corrected chi connectivity index (χ2v) is 5.67. The van der Waals surface area contributed by atoms with E-state index in [2.05, 4.69) is 48.9 Å². The molecule has 2 nitrogen and oxygen atoms in total. The van der Waals surface area contributed by atoms with Crippen molar-refractivity contribution >= 4 is 11.6 Å². The van der Waals surface area contributed by atoms with Crippen LogP contribution in [-0.4, -0.2) is 11.1 Å². The molecule has 2 rings (SSSR count). The molecule has 1 heterocycles. The Morgan fingerprint density at radius 2 is 1.85 bits per heavy atom. The lowest BCUT2D eigenvalue weighted by molar-refractivity contribution is 0.639. The molecule has 0 aliphatic carbocycles. The van der Waals surface area contributed by atoms with Crippen molar-refractivity contribution in [1.82, 2.24) is 9.88 Å². The van der Waals surface area contributed by atoms with Gasteiger partial charge in [-0.05, 0) is 62.7 Å². The molecule has 0 atom stereocenters. The molecule has 108 valence electrons. The minimum Gasteiger partial charge on any atom is -0.318 e. The molecule has 1 N–H and O–H groups in total. The van der Waals surface area contributed by atoms with Crippen molar-refractivity contribution in [2.45, 2.75) is 40.2 Å². The fourth-order valence-corrected chi connectivity index (χ4v) is 2.65. The average molecular weight is 291 g/mol. The number of rotatable bonds is 6. The molecule has 0 fully saturated rings. The number of halogens is 1. The fraction of sp³-hybridized carbons (Fsp3) is 0.412. The Balaban J connectivity index is 2.18. The van der Waals surface area contributed by atoms with Gasteiger partial charge in [-0.2, -0.15) is 0 Å². The van der Waals surface area contributed by atoms with Gasteiger partial charge < -0.3 is 9.88 Å². The predicted octanol–water partition coefficient (Wildman–Crippen LogP) is 4.64. The molecule has 0 aliphatic rings. The summed E-state index contributed by atoms with van der Waals surface area (Å²) in [5.41, 5.74) is 5.10. The van der Waals surface area contributed by atoms with Crippen molar-refractivity contribution in [3.8, 4) is 5.69 Å². The van der Waals surface area contributed by atoms with Crippen molar-refractivity contribution in [1.29, 1.82) is 0 Å². The highest BCUT2D eigenvalue weighted by Gasteiger charge is 2.10. The lowest BCUT2D eigenvalue weighted by Gasteiger charge is -2.10. The molecule has 0 spiro atoms. The van der Waals surface area contributed by atoms with Crippen LogP contribution < -0.4 is 5.32 Å². The zero-order valence-corrected chi connectivity index (χ0v) is 13.3. The normalized spacial score (nSPS) is 11.0. The second kappa shape index (κ2) is 6.96. The smallest absolute Gasteiger partial charge is 0.0456 e. The molecule has 0 bridgehead atoms. The van der Waals surface area contributed by atoms with E-state index in [0.717, 1.165) is 18.1 Å². The van der Waals surface area contributed by atoms with Crippen LogP contribution in [0, 0.1) is 13.8 Å². The maximum Gasteiger partial charge on any atom is 0.0456 e. The van der Waals surface area contributed by atoms with Gasteiger partial charge >= 0.3 is 0 Å². The van der Waals surface area contributed by atoms with Gasteiger partial charge in [-0.1, -0.05) is 24.9 Å². The molecule has 20 heavy (non-hydrogen) atoms. The van der Waals surface area contributed by atoms with Gasteiger partial charge in [-0.3, -0.25) is 0 Å². The predicted molar refractivity (Wildman–Crippen MR) is 86.9 cm³/mol. The zero-order valence-electron chi connectivity index (χ0n) is 12.5. The Morgan fingerprint density at radius 1 is 1.15 bits per heavy atom. The summed E-state index contributed by atoms with van der Waals surface area (Å²) < 4.78 is 2.28. The van der Waals surface area contributed by atoms with E-state index in [1.54, 1.807) is 0 Å². The van der Waals surface area contributed by atoms with E-state index >= 15 is 0 Å². The molecule has 1 aromatic heterocycles. The largest absolute Gasteiger partial charge is 0.318 e. The first-order valence-electron chi connectivity index (χ1n) is 7.28. The fourth-order valence-electron chi connectivity index (χ4n) is 2.52. The third-order valence-electron chi connectivity index (χ3n) is 3.64. The number of unbranched alkanes of at least 4 members (excludes halogenated alkanes) is 1. The van der Waals surface area contributed by atoms with Gasteiger partial charge in [-0.25, -0.2) is 0 Å². The Hall–Kier alpha value is -1.25. The van der Waals surface area contributed by atoms with Crippen LogP contribution in [0.4, 0.5) is 0 Å². The maximum absolute atomic E-state index is 5.96. The van der Waals surface area contributed by atoms with E-state index in [4.69, 9.17) is 11.6 Å². The molecular formula is C17H23ClN2. The molecule has 0 saturated heterocycles. The van der Waals surface area contributed by atoms with E-state index < -0.39 is 0 Å². The molecule has 0 unspecified atom stereocenters. The molecule has 1 aromatic carbocycles. The van der Waals surface area contributed by atoms with Crippen molar-refractivity contribution in [2.75, 3.05) is 6.54 Å². The number of aryl methyl sites for hydroxylation is 1. The monoisotopic (exact) mass is 290 g/mol. The van der Waals surface area contributed by atoms with Crippen LogP contribution in [0.5, 0.6) is 0 Å². The Morgan fingerprint density at radius 3 is 2.50 bits per heavy atom. The van der Waals surface area contributed by atoms with Gasteiger partial charge in [0.25, 0.3) is 0 Å². The number of nitrogens with zero attached hydrogens (tertiary/aromatic N) is 1. The van der Waals surface area contributed by atoms with Crippen LogP contribution in [0.15, 0.2) is 30.3 Å². The Bertz CT molecular complexity index is 555. The summed E-state index contributed by atoms with van der Waals surface area (Å²) >= 11 is 5.96. The third kappa shape index (κ3) is 3.44. The van der Waals surface area contributed by atoms with Gasteiger partial charge in [0.1, 0.15) is 0 Å². The summed E-state index contributed by atoms with van der Waals surface area (Å²) in [6.45, 7) is 8.57. The Kier molecular flexibility index (Phi) is 5.27. The summed E-state index contributed by atoms with van der Waals surface area (Å²) in [6.07, 6.45) is 2.46. The molecular weight excluding hydrogens is 268 g/mol.